The maximum atomic E-state index is 12.6. The molecule has 0 aliphatic carbocycles. The average molecular weight is 298 g/mol. The minimum Gasteiger partial charge on any atom is -0.293 e. The Bertz CT molecular complexity index is 314. The highest BCUT2D eigenvalue weighted by Crippen LogP contribution is 2.14. The smallest absolute Gasteiger partial charge is 0.178 e. The molecule has 0 bridgehead atoms. The number of ketones is 1. The summed E-state index contributed by atoms with van der Waals surface area (Å²) in [5.74, 6) is -0.590. The van der Waals surface area contributed by atoms with Gasteiger partial charge < -0.3 is 0 Å². The van der Waals surface area contributed by atoms with Crippen LogP contribution in [0.25, 0.3) is 0 Å². The maximum absolute atomic E-state index is 12.6. The van der Waals surface area contributed by atoms with Crippen LogP contribution in [0.1, 0.15) is 10.4 Å². The number of benzene rings is 1. The van der Waals surface area contributed by atoms with Crippen molar-refractivity contribution in [3.05, 3.63) is 33.1 Å². The van der Waals surface area contributed by atoms with Crippen LogP contribution >= 0.6 is 34.2 Å². The van der Waals surface area contributed by atoms with Crippen LogP contribution in [0.3, 0.4) is 0 Å². The van der Waals surface area contributed by atoms with Crippen LogP contribution in [-0.2, 0) is 0 Å². The van der Waals surface area contributed by atoms with Gasteiger partial charge in [0.1, 0.15) is 5.82 Å². The molecule has 0 fully saturated rings. The Morgan fingerprint density at radius 2 is 2.25 bits per heavy atom. The molecule has 12 heavy (non-hydrogen) atoms. The van der Waals surface area contributed by atoms with Crippen molar-refractivity contribution in [3.8, 4) is 0 Å². The summed E-state index contributed by atoms with van der Waals surface area (Å²) < 4.78 is 13.2. The fourth-order valence-electron chi connectivity index (χ4n) is 0.788. The number of hydrogen-bond donors (Lipinski definition) is 0. The highest BCUT2D eigenvalue weighted by atomic mass is 127. The third-order valence-electron chi connectivity index (χ3n) is 1.35. The Morgan fingerprint density at radius 1 is 1.58 bits per heavy atom. The number of Topliss-reactive ketones (excluding diaryl/α,β-unsaturated/α-hetero) is 1. The lowest BCUT2D eigenvalue weighted by molar-refractivity contribution is 0.102. The summed E-state index contributed by atoms with van der Waals surface area (Å²) in [6, 6.07) is 4.00. The van der Waals surface area contributed by atoms with Gasteiger partial charge in [-0.2, -0.15) is 0 Å². The maximum Gasteiger partial charge on any atom is 0.178 e. The van der Waals surface area contributed by atoms with E-state index in [1.165, 1.54) is 18.2 Å². The van der Waals surface area contributed by atoms with Gasteiger partial charge in [0.05, 0.1) is 5.88 Å². The van der Waals surface area contributed by atoms with Crippen molar-refractivity contribution in [2.45, 2.75) is 0 Å². The number of carbonyl (C=O) groups excluding carboxylic acids is 1. The highest BCUT2D eigenvalue weighted by molar-refractivity contribution is 14.1. The second kappa shape index (κ2) is 4.18. The zero-order valence-corrected chi connectivity index (χ0v) is 8.89. The molecule has 0 aliphatic heterocycles. The molecule has 0 aliphatic rings. The molecule has 64 valence electrons. The summed E-state index contributed by atoms with van der Waals surface area (Å²) in [7, 11) is 0. The first-order valence-electron chi connectivity index (χ1n) is 3.19. The van der Waals surface area contributed by atoms with Crippen LogP contribution in [0.4, 0.5) is 4.39 Å². The highest BCUT2D eigenvalue weighted by Gasteiger charge is 2.08. The minimum atomic E-state index is -0.342. The standard InChI is InChI=1S/C8H5ClFIO/c9-4-8(12)6-2-1-5(10)3-7(6)11/h1-3H,4H2. The summed E-state index contributed by atoms with van der Waals surface area (Å²) in [5.41, 5.74) is 0.479. The SMILES string of the molecule is O=C(CCl)c1ccc(F)cc1I. The van der Waals surface area contributed by atoms with Gasteiger partial charge in [0, 0.05) is 9.13 Å². The van der Waals surface area contributed by atoms with Crippen molar-refractivity contribution >= 4 is 40.0 Å². The molecular weight excluding hydrogens is 293 g/mol. The number of halogens is 3. The van der Waals surface area contributed by atoms with Gasteiger partial charge in [-0.15, -0.1) is 11.6 Å². The monoisotopic (exact) mass is 298 g/mol. The Kier molecular flexibility index (Phi) is 3.46. The van der Waals surface area contributed by atoms with Crippen LogP contribution < -0.4 is 0 Å². The van der Waals surface area contributed by atoms with Gasteiger partial charge in [0.15, 0.2) is 5.78 Å². The van der Waals surface area contributed by atoms with Crippen molar-refractivity contribution in [1.29, 1.82) is 0 Å². The molecule has 1 nitrogen and oxygen atoms in total. The Balaban J connectivity index is 3.09. The van der Waals surface area contributed by atoms with E-state index in [1.54, 1.807) is 0 Å². The molecule has 0 aromatic heterocycles. The molecule has 0 unspecified atom stereocenters. The predicted octanol–water partition coefficient (Wildman–Crippen LogP) is 2.85. The van der Waals surface area contributed by atoms with Gasteiger partial charge in [0.25, 0.3) is 0 Å². The summed E-state index contributed by atoms with van der Waals surface area (Å²) in [4.78, 5) is 11.1. The van der Waals surface area contributed by atoms with E-state index in [4.69, 9.17) is 11.6 Å². The van der Waals surface area contributed by atoms with E-state index >= 15 is 0 Å². The second-order valence-electron chi connectivity index (χ2n) is 2.18. The molecule has 0 spiro atoms. The lowest BCUT2D eigenvalue weighted by Crippen LogP contribution is -2.02. The fourth-order valence-corrected chi connectivity index (χ4v) is 1.71. The zero-order valence-electron chi connectivity index (χ0n) is 5.98. The Morgan fingerprint density at radius 3 is 2.75 bits per heavy atom. The lowest BCUT2D eigenvalue weighted by Gasteiger charge is -1.99. The number of hydrogen-bond acceptors (Lipinski definition) is 1. The van der Waals surface area contributed by atoms with E-state index in [-0.39, 0.29) is 17.5 Å². The molecule has 4 heteroatoms. The molecule has 0 heterocycles. The van der Waals surface area contributed by atoms with Gasteiger partial charge >= 0.3 is 0 Å². The van der Waals surface area contributed by atoms with Gasteiger partial charge in [-0.3, -0.25) is 4.79 Å². The van der Waals surface area contributed by atoms with Gasteiger partial charge in [0.2, 0.25) is 0 Å². The van der Waals surface area contributed by atoms with Gasteiger partial charge in [-0.25, -0.2) is 4.39 Å². The van der Waals surface area contributed by atoms with E-state index in [1.807, 2.05) is 22.6 Å². The summed E-state index contributed by atoms with van der Waals surface area (Å²) in [6.07, 6.45) is 0. The van der Waals surface area contributed by atoms with Crippen molar-refractivity contribution in [2.75, 3.05) is 5.88 Å². The molecule has 0 saturated heterocycles. The normalized spacial score (nSPS) is 9.92. The molecule has 1 aromatic carbocycles. The van der Waals surface area contributed by atoms with Gasteiger partial charge in [-0.05, 0) is 40.8 Å². The molecule has 1 aromatic rings. The van der Waals surface area contributed by atoms with E-state index < -0.39 is 0 Å². The Hall–Kier alpha value is -0.160. The predicted molar refractivity (Wildman–Crippen MR) is 54.2 cm³/mol. The van der Waals surface area contributed by atoms with Crippen LogP contribution in [0.2, 0.25) is 0 Å². The van der Waals surface area contributed by atoms with Crippen LogP contribution in [0, 0.1) is 9.39 Å². The molecule has 0 amide bonds. The lowest BCUT2D eigenvalue weighted by atomic mass is 10.1. The van der Waals surface area contributed by atoms with E-state index in [0.717, 1.165) is 0 Å². The fraction of sp³-hybridized carbons (Fsp3) is 0.125. The third-order valence-corrected chi connectivity index (χ3v) is 2.49. The molecule has 1 rings (SSSR count). The number of alkyl halides is 1. The summed E-state index contributed by atoms with van der Waals surface area (Å²) in [6.45, 7) is 0. The van der Waals surface area contributed by atoms with Crippen molar-refractivity contribution in [1.82, 2.24) is 0 Å². The van der Waals surface area contributed by atoms with E-state index in [9.17, 15) is 9.18 Å². The second-order valence-corrected chi connectivity index (χ2v) is 3.61. The largest absolute Gasteiger partial charge is 0.293 e. The number of carbonyl (C=O) groups is 1. The van der Waals surface area contributed by atoms with E-state index in [2.05, 4.69) is 0 Å². The first-order valence-corrected chi connectivity index (χ1v) is 4.80. The third kappa shape index (κ3) is 2.17. The van der Waals surface area contributed by atoms with Crippen LogP contribution in [0.5, 0.6) is 0 Å². The topological polar surface area (TPSA) is 17.1 Å². The molecule has 0 N–H and O–H groups in total. The minimum absolute atomic E-state index is 0.0678. The van der Waals surface area contributed by atoms with Crippen molar-refractivity contribution in [2.24, 2.45) is 0 Å². The summed E-state index contributed by atoms with van der Waals surface area (Å²) in [5, 5.41) is 0. The van der Waals surface area contributed by atoms with Gasteiger partial charge in [-0.1, -0.05) is 0 Å². The number of rotatable bonds is 2. The molecule has 0 saturated carbocycles. The van der Waals surface area contributed by atoms with Crippen molar-refractivity contribution in [3.63, 3.8) is 0 Å². The zero-order chi connectivity index (χ0) is 9.14. The summed E-state index contributed by atoms with van der Waals surface area (Å²) >= 11 is 7.26. The first-order chi connectivity index (χ1) is 5.65. The quantitative estimate of drug-likeness (QED) is 0.466. The first kappa shape index (κ1) is 9.92. The Labute approximate surface area is 88.1 Å². The molecule has 0 atom stereocenters. The van der Waals surface area contributed by atoms with Crippen LogP contribution in [-0.4, -0.2) is 11.7 Å². The van der Waals surface area contributed by atoms with E-state index in [0.29, 0.717) is 9.13 Å². The van der Waals surface area contributed by atoms with Crippen molar-refractivity contribution < 1.29 is 9.18 Å². The average Bonchev–Trinajstić information content (AvgIpc) is 2.03. The molecular formula is C8H5ClFIO. The van der Waals surface area contributed by atoms with Crippen LogP contribution in [0.15, 0.2) is 18.2 Å². The molecule has 0 radical (unpaired) electrons.